The predicted molar refractivity (Wildman–Crippen MR) is 68.7 cm³/mol. The van der Waals surface area contributed by atoms with Crippen molar-refractivity contribution in [3.63, 3.8) is 0 Å². The summed E-state index contributed by atoms with van der Waals surface area (Å²) in [6, 6.07) is 7.81. The Morgan fingerprint density at radius 1 is 1.09 bits per heavy atom. The van der Waals surface area contributed by atoms with E-state index in [9.17, 15) is 18.0 Å². The number of hydrogen-bond acceptors (Lipinski definition) is 4. The molecule has 1 aromatic carbocycles. The van der Waals surface area contributed by atoms with Gasteiger partial charge in [0.2, 0.25) is 0 Å². The first-order valence-corrected chi connectivity index (χ1v) is 6.00. The van der Waals surface area contributed by atoms with Crippen LogP contribution in [0.15, 0.2) is 42.6 Å². The molecule has 0 fully saturated rings. The average Bonchev–Trinajstić information content (AvgIpc) is 2.45. The van der Waals surface area contributed by atoms with Crippen LogP contribution in [0.25, 0.3) is 0 Å². The number of pyridine rings is 1. The van der Waals surface area contributed by atoms with Gasteiger partial charge in [-0.05, 0) is 30.3 Å². The molecule has 2 rings (SSSR count). The Morgan fingerprint density at radius 2 is 1.73 bits per heavy atom. The second-order valence-corrected chi connectivity index (χ2v) is 4.16. The number of aromatic nitrogens is 1. The van der Waals surface area contributed by atoms with Crippen LogP contribution < -0.4 is 9.47 Å². The number of rotatable bonds is 5. The first kappa shape index (κ1) is 15.6. The Morgan fingerprint density at radius 3 is 2.23 bits per heavy atom. The van der Waals surface area contributed by atoms with Gasteiger partial charge in [0, 0.05) is 11.8 Å². The third kappa shape index (κ3) is 4.65. The number of aromatic carboxylic acids is 1. The fourth-order valence-electron chi connectivity index (χ4n) is 1.54. The molecule has 1 aromatic heterocycles. The lowest BCUT2D eigenvalue weighted by atomic mass is 10.2. The van der Waals surface area contributed by atoms with Crippen LogP contribution in [0, 0.1) is 0 Å². The Labute approximate surface area is 122 Å². The molecule has 0 amide bonds. The number of alkyl halides is 3. The maximum atomic E-state index is 12.0. The minimum absolute atomic E-state index is 0.0857. The number of carboxylic acid groups (broad SMARTS) is 1. The Hall–Kier alpha value is -2.77. The topological polar surface area (TPSA) is 68.7 Å². The second kappa shape index (κ2) is 6.33. The number of carbonyl (C=O) groups is 1. The zero-order chi connectivity index (χ0) is 16.2. The van der Waals surface area contributed by atoms with Crippen LogP contribution in [0.5, 0.6) is 11.5 Å². The van der Waals surface area contributed by atoms with Crippen molar-refractivity contribution in [3.05, 3.63) is 53.9 Å². The normalized spacial score (nSPS) is 11.0. The Balaban J connectivity index is 1.92. The van der Waals surface area contributed by atoms with Gasteiger partial charge in [0.25, 0.3) is 0 Å². The molecule has 0 saturated heterocycles. The zero-order valence-corrected chi connectivity index (χ0v) is 11.0. The summed E-state index contributed by atoms with van der Waals surface area (Å²) in [5.74, 6) is -1.13. The number of benzene rings is 1. The molecular weight excluding hydrogens is 303 g/mol. The largest absolute Gasteiger partial charge is 0.573 e. The number of carboxylic acids is 1. The minimum Gasteiger partial charge on any atom is -0.489 e. The molecule has 116 valence electrons. The summed E-state index contributed by atoms with van der Waals surface area (Å²) in [6.07, 6.45) is -3.38. The van der Waals surface area contributed by atoms with Crippen LogP contribution in [0.4, 0.5) is 13.2 Å². The molecule has 22 heavy (non-hydrogen) atoms. The molecule has 0 aliphatic heterocycles. The van der Waals surface area contributed by atoms with Gasteiger partial charge in [-0.1, -0.05) is 6.07 Å². The summed E-state index contributed by atoms with van der Waals surface area (Å²) >= 11 is 0. The van der Waals surface area contributed by atoms with Gasteiger partial charge >= 0.3 is 12.3 Å². The van der Waals surface area contributed by atoms with E-state index >= 15 is 0 Å². The molecule has 0 aliphatic carbocycles. The number of hydrogen-bond donors (Lipinski definition) is 1. The molecule has 8 heteroatoms. The van der Waals surface area contributed by atoms with Crippen molar-refractivity contribution in [1.29, 1.82) is 0 Å². The van der Waals surface area contributed by atoms with E-state index < -0.39 is 12.3 Å². The number of ether oxygens (including phenoxy) is 2. The van der Waals surface area contributed by atoms with Crippen molar-refractivity contribution in [2.24, 2.45) is 0 Å². The van der Waals surface area contributed by atoms with Gasteiger partial charge in [-0.15, -0.1) is 13.2 Å². The number of nitrogens with zero attached hydrogens (tertiary/aromatic N) is 1. The molecule has 0 unspecified atom stereocenters. The third-order valence-corrected chi connectivity index (χ3v) is 2.51. The summed E-state index contributed by atoms with van der Waals surface area (Å²) in [5, 5.41) is 8.70. The summed E-state index contributed by atoms with van der Waals surface area (Å²) in [7, 11) is 0. The van der Waals surface area contributed by atoms with E-state index in [-0.39, 0.29) is 18.1 Å². The van der Waals surface area contributed by atoms with Gasteiger partial charge in [-0.3, -0.25) is 0 Å². The summed E-state index contributed by atoms with van der Waals surface area (Å²) in [5.41, 5.74) is 0.540. The SMILES string of the molecule is O=C(O)c1ccc(COc2ccc(OC(F)(F)F)cc2)cn1. The molecule has 0 saturated carbocycles. The highest BCUT2D eigenvalue weighted by Crippen LogP contribution is 2.25. The van der Waals surface area contributed by atoms with Crippen LogP contribution in [-0.2, 0) is 6.61 Å². The maximum Gasteiger partial charge on any atom is 0.573 e. The number of halogens is 3. The highest BCUT2D eigenvalue weighted by Gasteiger charge is 2.30. The molecule has 5 nitrogen and oxygen atoms in total. The Bertz CT molecular complexity index is 639. The van der Waals surface area contributed by atoms with E-state index in [2.05, 4.69) is 9.72 Å². The van der Waals surface area contributed by atoms with Crippen LogP contribution in [0.1, 0.15) is 16.1 Å². The van der Waals surface area contributed by atoms with E-state index in [4.69, 9.17) is 9.84 Å². The van der Waals surface area contributed by atoms with Crippen molar-refractivity contribution < 1.29 is 32.5 Å². The van der Waals surface area contributed by atoms with Crippen molar-refractivity contribution in [2.45, 2.75) is 13.0 Å². The fraction of sp³-hybridized carbons (Fsp3) is 0.143. The van der Waals surface area contributed by atoms with E-state index in [1.54, 1.807) is 0 Å². The quantitative estimate of drug-likeness (QED) is 0.917. The summed E-state index contributed by atoms with van der Waals surface area (Å²) in [6.45, 7) is 0.104. The van der Waals surface area contributed by atoms with Gasteiger partial charge in [0.15, 0.2) is 0 Å². The minimum atomic E-state index is -4.74. The van der Waals surface area contributed by atoms with Gasteiger partial charge in [0.05, 0.1) is 0 Å². The van der Waals surface area contributed by atoms with Gasteiger partial charge in [-0.25, -0.2) is 9.78 Å². The molecule has 0 radical (unpaired) electrons. The van der Waals surface area contributed by atoms with Crippen molar-refractivity contribution >= 4 is 5.97 Å². The first-order valence-electron chi connectivity index (χ1n) is 6.00. The van der Waals surface area contributed by atoms with Crippen LogP contribution >= 0.6 is 0 Å². The highest BCUT2D eigenvalue weighted by molar-refractivity contribution is 5.85. The molecule has 0 aliphatic rings. The monoisotopic (exact) mass is 313 g/mol. The van der Waals surface area contributed by atoms with Gasteiger partial charge in [0.1, 0.15) is 23.8 Å². The molecule has 0 spiro atoms. The van der Waals surface area contributed by atoms with Gasteiger partial charge < -0.3 is 14.6 Å². The third-order valence-electron chi connectivity index (χ3n) is 2.51. The van der Waals surface area contributed by atoms with E-state index in [1.165, 1.54) is 30.5 Å². The average molecular weight is 313 g/mol. The highest BCUT2D eigenvalue weighted by atomic mass is 19.4. The standard InChI is InChI=1S/C14H10F3NO4/c15-14(16,17)22-11-4-2-10(3-5-11)21-8-9-1-6-12(13(19)20)18-7-9/h1-7H,8H2,(H,19,20). The molecular formula is C14H10F3NO4. The lowest BCUT2D eigenvalue weighted by Crippen LogP contribution is -2.16. The van der Waals surface area contributed by atoms with Crippen LogP contribution in [-0.4, -0.2) is 22.4 Å². The lowest BCUT2D eigenvalue weighted by Gasteiger charge is -2.10. The molecule has 1 N–H and O–H groups in total. The summed E-state index contributed by atoms with van der Waals surface area (Å²) < 4.78 is 45.1. The Kier molecular flexibility index (Phi) is 4.50. The fourth-order valence-corrected chi connectivity index (χ4v) is 1.54. The van der Waals surface area contributed by atoms with E-state index in [0.717, 1.165) is 12.1 Å². The van der Waals surface area contributed by atoms with E-state index in [0.29, 0.717) is 11.3 Å². The zero-order valence-electron chi connectivity index (χ0n) is 11.0. The predicted octanol–water partition coefficient (Wildman–Crippen LogP) is 3.26. The molecule has 2 aromatic rings. The van der Waals surface area contributed by atoms with Crippen LogP contribution in [0.3, 0.4) is 0 Å². The van der Waals surface area contributed by atoms with Crippen molar-refractivity contribution in [1.82, 2.24) is 4.98 Å². The molecule has 1 heterocycles. The molecule has 0 bridgehead atoms. The van der Waals surface area contributed by atoms with Crippen molar-refractivity contribution in [2.75, 3.05) is 0 Å². The van der Waals surface area contributed by atoms with E-state index in [1.807, 2.05) is 0 Å². The van der Waals surface area contributed by atoms with Crippen LogP contribution in [0.2, 0.25) is 0 Å². The van der Waals surface area contributed by atoms with Gasteiger partial charge in [-0.2, -0.15) is 0 Å². The summed E-state index contributed by atoms with van der Waals surface area (Å²) in [4.78, 5) is 14.4. The molecule has 0 atom stereocenters. The lowest BCUT2D eigenvalue weighted by molar-refractivity contribution is -0.274. The van der Waals surface area contributed by atoms with Crippen molar-refractivity contribution in [3.8, 4) is 11.5 Å². The first-order chi connectivity index (χ1) is 10.3. The second-order valence-electron chi connectivity index (χ2n) is 4.16. The maximum absolute atomic E-state index is 12.0. The smallest absolute Gasteiger partial charge is 0.489 e.